The Kier molecular flexibility index (Phi) is 7.73. The Hall–Kier alpha value is -0.420. The van der Waals surface area contributed by atoms with E-state index in [1.54, 1.807) is 0 Å². The predicted molar refractivity (Wildman–Crippen MR) is 111 cm³/mol. The lowest BCUT2D eigenvalue weighted by molar-refractivity contribution is 0.602. The smallest absolute Gasteiger partial charge is 0.105 e. The van der Waals surface area contributed by atoms with E-state index in [0.717, 1.165) is 10.6 Å². The van der Waals surface area contributed by atoms with E-state index in [0.29, 0.717) is 25.7 Å². The highest BCUT2D eigenvalue weighted by molar-refractivity contribution is 8.15. The fourth-order valence-corrected chi connectivity index (χ4v) is 5.98. The average Bonchev–Trinajstić information content (AvgIpc) is 2.59. The third-order valence-corrected chi connectivity index (χ3v) is 9.00. The van der Waals surface area contributed by atoms with Crippen molar-refractivity contribution in [3.8, 4) is 0 Å². The van der Waals surface area contributed by atoms with Crippen molar-refractivity contribution in [2.75, 3.05) is 25.7 Å². The molecule has 2 unspecified atom stereocenters. The van der Waals surface area contributed by atoms with Gasteiger partial charge in [0.25, 0.3) is 0 Å². The van der Waals surface area contributed by atoms with E-state index in [2.05, 4.69) is 10.6 Å². The fourth-order valence-electron chi connectivity index (χ4n) is 2.14. The van der Waals surface area contributed by atoms with Crippen LogP contribution in [0.4, 0.5) is 0 Å². The first-order valence-corrected chi connectivity index (χ1v) is 13.5. The largest absolute Gasteiger partial charge is 0.360 e. The molecule has 0 aliphatic rings. The van der Waals surface area contributed by atoms with Crippen molar-refractivity contribution in [3.05, 3.63) is 60.7 Å². The molecule has 0 bridgehead atoms. The van der Waals surface area contributed by atoms with Crippen LogP contribution < -0.4 is 21.2 Å². The van der Waals surface area contributed by atoms with Crippen LogP contribution in [0, 0.1) is 0 Å². The highest BCUT2D eigenvalue weighted by Gasteiger charge is 2.16. The SMILES string of the molecule is OP(=S)(CNCCNCP(O)(=S)c1ccccc1)c1ccccc1. The molecule has 0 aliphatic carbocycles. The first-order valence-electron chi connectivity index (χ1n) is 7.58. The lowest BCUT2D eigenvalue weighted by Crippen LogP contribution is -2.30. The van der Waals surface area contributed by atoms with Gasteiger partial charge >= 0.3 is 0 Å². The Bertz CT molecular complexity index is 666. The van der Waals surface area contributed by atoms with Crippen LogP contribution in [-0.4, -0.2) is 35.4 Å². The molecule has 2 aromatic carbocycles. The zero-order chi connectivity index (χ0) is 17.5. The Labute approximate surface area is 153 Å². The van der Waals surface area contributed by atoms with Crippen LogP contribution in [0.3, 0.4) is 0 Å². The summed E-state index contributed by atoms with van der Waals surface area (Å²) in [5.74, 6) is 0. The monoisotopic (exact) mass is 400 g/mol. The maximum absolute atomic E-state index is 10.4. The van der Waals surface area contributed by atoms with E-state index in [4.69, 9.17) is 23.6 Å². The van der Waals surface area contributed by atoms with Crippen molar-refractivity contribution in [2.24, 2.45) is 0 Å². The molecule has 4 N–H and O–H groups in total. The van der Waals surface area contributed by atoms with Gasteiger partial charge in [-0.15, -0.1) is 0 Å². The van der Waals surface area contributed by atoms with Crippen molar-refractivity contribution in [1.29, 1.82) is 0 Å². The van der Waals surface area contributed by atoms with Crippen molar-refractivity contribution in [3.63, 3.8) is 0 Å². The topological polar surface area (TPSA) is 64.5 Å². The van der Waals surface area contributed by atoms with Crippen molar-refractivity contribution in [1.82, 2.24) is 10.6 Å². The number of hydrogen-bond donors (Lipinski definition) is 4. The summed E-state index contributed by atoms with van der Waals surface area (Å²) in [6.45, 7) is 1.30. The maximum Gasteiger partial charge on any atom is 0.105 e. The summed E-state index contributed by atoms with van der Waals surface area (Å²) in [5, 5.41) is 7.99. The lowest BCUT2D eigenvalue weighted by atomic mass is 10.4. The van der Waals surface area contributed by atoms with Gasteiger partial charge in [0.1, 0.15) is 12.5 Å². The zero-order valence-electron chi connectivity index (χ0n) is 13.2. The van der Waals surface area contributed by atoms with Gasteiger partial charge in [-0.2, -0.15) is 0 Å². The lowest BCUT2D eigenvalue weighted by Gasteiger charge is -2.18. The van der Waals surface area contributed by atoms with E-state index in [9.17, 15) is 9.79 Å². The van der Waals surface area contributed by atoms with E-state index in [1.165, 1.54) is 0 Å². The Balaban J connectivity index is 1.70. The summed E-state index contributed by atoms with van der Waals surface area (Å²) in [5.41, 5.74) is 0. The molecular weight excluding hydrogens is 378 g/mol. The van der Waals surface area contributed by atoms with Gasteiger partial charge in [0.15, 0.2) is 0 Å². The van der Waals surface area contributed by atoms with Crippen LogP contribution >= 0.6 is 12.5 Å². The quantitative estimate of drug-likeness (QED) is 0.378. The van der Waals surface area contributed by atoms with Crippen LogP contribution in [0.15, 0.2) is 60.7 Å². The second kappa shape index (κ2) is 9.33. The predicted octanol–water partition coefficient (Wildman–Crippen LogP) is 1.51. The van der Waals surface area contributed by atoms with Crippen LogP contribution in [-0.2, 0) is 23.6 Å². The molecule has 2 rings (SSSR count). The summed E-state index contributed by atoms with van der Waals surface area (Å²) in [6, 6.07) is 18.8. The fraction of sp³-hybridized carbons (Fsp3) is 0.250. The molecule has 2 atom stereocenters. The maximum atomic E-state index is 10.4. The van der Waals surface area contributed by atoms with E-state index < -0.39 is 12.5 Å². The molecule has 130 valence electrons. The summed E-state index contributed by atoms with van der Waals surface area (Å²) >= 11 is 10.7. The molecule has 0 fully saturated rings. The van der Waals surface area contributed by atoms with Gasteiger partial charge in [0.2, 0.25) is 0 Å². The average molecular weight is 400 g/mol. The van der Waals surface area contributed by atoms with E-state index >= 15 is 0 Å². The molecule has 0 aliphatic heterocycles. The minimum atomic E-state index is -2.54. The van der Waals surface area contributed by atoms with Gasteiger partial charge in [-0.05, 0) is 0 Å². The van der Waals surface area contributed by atoms with E-state index in [-0.39, 0.29) is 0 Å². The third kappa shape index (κ3) is 6.14. The minimum Gasteiger partial charge on any atom is -0.360 e. The summed E-state index contributed by atoms with van der Waals surface area (Å²) in [4.78, 5) is 20.8. The Morgan fingerprint density at radius 1 is 0.667 bits per heavy atom. The number of benzene rings is 2. The van der Waals surface area contributed by atoms with Gasteiger partial charge in [-0.25, -0.2) is 0 Å². The summed E-state index contributed by atoms with van der Waals surface area (Å²) in [6.07, 6.45) is -4.31. The molecule has 4 nitrogen and oxygen atoms in total. The minimum absolute atomic E-state index is 0.389. The van der Waals surface area contributed by atoms with Gasteiger partial charge in [-0.1, -0.05) is 84.3 Å². The summed E-state index contributed by atoms with van der Waals surface area (Å²) < 4.78 is 0. The molecule has 0 aromatic heterocycles. The second-order valence-corrected chi connectivity index (χ2v) is 13.5. The molecule has 0 saturated carbocycles. The standard InChI is InChI=1S/C16H22N2O2P2S2/c19-21(23,15-7-3-1-4-8-15)13-17-11-12-18-14-22(20,24)16-9-5-2-6-10-16/h1-10,17-18H,11-14H2,(H,19,23)(H,20,24). The Morgan fingerprint density at radius 3 is 1.33 bits per heavy atom. The molecule has 0 radical (unpaired) electrons. The van der Waals surface area contributed by atoms with Crippen molar-refractivity contribution in [2.45, 2.75) is 0 Å². The zero-order valence-corrected chi connectivity index (χ0v) is 16.6. The van der Waals surface area contributed by atoms with Crippen LogP contribution in [0.2, 0.25) is 0 Å². The summed E-state index contributed by atoms with van der Waals surface area (Å²) in [7, 11) is 0. The molecule has 8 heteroatoms. The van der Waals surface area contributed by atoms with Gasteiger partial charge in [0.05, 0.1) is 12.6 Å². The van der Waals surface area contributed by atoms with Gasteiger partial charge in [0, 0.05) is 23.7 Å². The molecule has 0 spiro atoms. The normalized spacial score (nSPS) is 16.2. The molecular formula is C16H22N2O2P2S2. The number of nitrogens with one attached hydrogen (secondary N) is 2. The van der Waals surface area contributed by atoms with E-state index in [1.807, 2.05) is 60.7 Å². The van der Waals surface area contributed by atoms with Crippen molar-refractivity contribution < 1.29 is 9.79 Å². The molecule has 0 amide bonds. The molecule has 0 heterocycles. The Morgan fingerprint density at radius 2 is 1.00 bits per heavy atom. The first-order chi connectivity index (χ1) is 11.4. The first kappa shape index (κ1) is 19.9. The molecule has 24 heavy (non-hydrogen) atoms. The highest BCUT2D eigenvalue weighted by atomic mass is 32.4. The highest BCUT2D eigenvalue weighted by Crippen LogP contribution is 2.38. The number of hydrogen-bond acceptors (Lipinski definition) is 4. The second-order valence-electron chi connectivity index (χ2n) is 5.39. The van der Waals surface area contributed by atoms with Crippen LogP contribution in [0.5, 0.6) is 0 Å². The van der Waals surface area contributed by atoms with Crippen LogP contribution in [0.1, 0.15) is 0 Å². The molecule has 0 saturated heterocycles. The van der Waals surface area contributed by atoms with Crippen molar-refractivity contribution >= 4 is 46.8 Å². The third-order valence-electron chi connectivity index (χ3n) is 3.45. The number of rotatable bonds is 9. The van der Waals surface area contributed by atoms with Gasteiger partial charge in [-0.3, -0.25) is 0 Å². The van der Waals surface area contributed by atoms with Crippen LogP contribution in [0.25, 0.3) is 0 Å². The van der Waals surface area contributed by atoms with Gasteiger partial charge < -0.3 is 20.4 Å². The molecule has 2 aromatic rings.